The summed E-state index contributed by atoms with van der Waals surface area (Å²) in [6.07, 6.45) is -0.207. The van der Waals surface area contributed by atoms with Gasteiger partial charge in [0.2, 0.25) is 0 Å². The van der Waals surface area contributed by atoms with Crippen LogP contribution in [0.25, 0.3) is 0 Å². The molecule has 0 aliphatic carbocycles. The van der Waals surface area contributed by atoms with E-state index in [1.54, 1.807) is 45.0 Å². The quantitative estimate of drug-likeness (QED) is 0.698. The van der Waals surface area contributed by atoms with Crippen LogP contribution in [0.2, 0.25) is 0 Å². The number of sulfone groups is 1. The topological polar surface area (TPSA) is 72.9 Å². The Morgan fingerprint density at radius 3 is 2.13 bits per heavy atom. The monoisotopic (exact) mass is 435 g/mol. The van der Waals surface area contributed by atoms with Crippen molar-refractivity contribution < 1.29 is 27.1 Å². The first-order valence-corrected chi connectivity index (χ1v) is 11.5. The maximum absolute atomic E-state index is 13.0. The van der Waals surface area contributed by atoms with Gasteiger partial charge < -0.3 is 14.4 Å². The van der Waals surface area contributed by atoms with Crippen molar-refractivity contribution in [1.82, 2.24) is 4.90 Å². The molecule has 0 bridgehead atoms. The van der Waals surface area contributed by atoms with Crippen LogP contribution in [0.1, 0.15) is 38.0 Å². The second-order valence-corrected chi connectivity index (χ2v) is 10.5. The van der Waals surface area contributed by atoms with Crippen LogP contribution in [0.15, 0.2) is 48.5 Å². The number of hydrogen-bond donors (Lipinski definition) is 0. The van der Waals surface area contributed by atoms with Gasteiger partial charge in [0, 0.05) is 13.1 Å². The molecule has 1 aliphatic heterocycles. The summed E-state index contributed by atoms with van der Waals surface area (Å²) in [6.45, 7) is 5.74. The summed E-state index contributed by atoms with van der Waals surface area (Å²) in [5, 5.41) is -0.704. The molecule has 0 radical (unpaired) electrons. The lowest BCUT2D eigenvalue weighted by Gasteiger charge is -2.26. The third kappa shape index (κ3) is 5.72. The minimum atomic E-state index is -3.43. The van der Waals surface area contributed by atoms with Gasteiger partial charge in [0.05, 0.1) is 11.0 Å². The third-order valence-electron chi connectivity index (χ3n) is 4.69. The molecule has 1 amide bonds. The van der Waals surface area contributed by atoms with Gasteiger partial charge in [-0.25, -0.2) is 17.6 Å². The second-order valence-electron chi connectivity index (χ2n) is 8.24. The molecule has 0 aromatic heterocycles. The van der Waals surface area contributed by atoms with Crippen molar-refractivity contribution in [1.29, 1.82) is 0 Å². The van der Waals surface area contributed by atoms with Crippen molar-refractivity contribution in [3.05, 3.63) is 59.9 Å². The molecule has 1 heterocycles. The smallest absolute Gasteiger partial charge is 0.410 e. The molecule has 3 rings (SSSR count). The molecule has 162 valence electrons. The Labute approximate surface area is 176 Å². The van der Waals surface area contributed by atoms with Crippen LogP contribution in [-0.4, -0.2) is 43.9 Å². The summed E-state index contributed by atoms with van der Waals surface area (Å²) in [6, 6.07) is 12.4. The summed E-state index contributed by atoms with van der Waals surface area (Å²) in [5.41, 5.74) is 0.00894. The molecule has 2 aromatic carbocycles. The first-order valence-electron chi connectivity index (χ1n) is 9.76. The van der Waals surface area contributed by atoms with E-state index in [2.05, 4.69) is 0 Å². The van der Waals surface area contributed by atoms with Crippen molar-refractivity contribution in [3.63, 3.8) is 0 Å². The zero-order valence-electron chi connectivity index (χ0n) is 17.3. The maximum Gasteiger partial charge on any atom is 0.410 e. The van der Waals surface area contributed by atoms with Crippen LogP contribution in [0.3, 0.4) is 0 Å². The number of carbonyl (C=O) groups is 1. The maximum atomic E-state index is 13.0. The van der Waals surface area contributed by atoms with Crippen molar-refractivity contribution >= 4 is 15.9 Å². The molecule has 2 aromatic rings. The summed E-state index contributed by atoms with van der Waals surface area (Å²) in [5.74, 6) is 0.535. The molecule has 8 heteroatoms. The molecule has 1 fully saturated rings. The summed E-state index contributed by atoms with van der Waals surface area (Å²) in [7, 11) is -3.43. The number of ether oxygens (including phenoxy) is 2. The predicted octanol–water partition coefficient (Wildman–Crippen LogP) is 4.71. The van der Waals surface area contributed by atoms with E-state index < -0.39 is 26.8 Å². The Hall–Kier alpha value is -2.61. The van der Waals surface area contributed by atoms with Crippen LogP contribution in [-0.2, 0) is 14.6 Å². The molecular weight excluding hydrogens is 409 g/mol. The highest BCUT2D eigenvalue weighted by molar-refractivity contribution is 7.91. The molecule has 1 unspecified atom stereocenters. The highest BCUT2D eigenvalue weighted by atomic mass is 32.2. The van der Waals surface area contributed by atoms with E-state index in [-0.39, 0.29) is 18.1 Å². The second kappa shape index (κ2) is 8.63. The van der Waals surface area contributed by atoms with E-state index in [9.17, 15) is 17.6 Å². The van der Waals surface area contributed by atoms with Crippen LogP contribution in [0.4, 0.5) is 9.18 Å². The number of carbonyl (C=O) groups excluding carboxylic acids is 1. The van der Waals surface area contributed by atoms with Gasteiger partial charge in [0.25, 0.3) is 0 Å². The van der Waals surface area contributed by atoms with E-state index in [1.165, 1.54) is 29.2 Å². The number of halogens is 1. The van der Waals surface area contributed by atoms with Crippen LogP contribution >= 0.6 is 0 Å². The Morgan fingerprint density at radius 1 is 1.00 bits per heavy atom. The number of rotatable bonds is 3. The lowest BCUT2D eigenvalue weighted by Crippen LogP contribution is -2.38. The minimum Gasteiger partial charge on any atom is -0.457 e. The number of hydrogen-bond acceptors (Lipinski definition) is 5. The van der Waals surface area contributed by atoms with Crippen LogP contribution in [0, 0.1) is 5.82 Å². The number of amides is 1. The lowest BCUT2D eigenvalue weighted by atomic mass is 10.1. The largest absolute Gasteiger partial charge is 0.457 e. The van der Waals surface area contributed by atoms with Crippen LogP contribution < -0.4 is 4.74 Å². The van der Waals surface area contributed by atoms with E-state index >= 15 is 0 Å². The highest BCUT2D eigenvalue weighted by Crippen LogP contribution is 2.32. The van der Waals surface area contributed by atoms with Gasteiger partial charge >= 0.3 is 6.09 Å². The first-order chi connectivity index (χ1) is 14.0. The van der Waals surface area contributed by atoms with Gasteiger partial charge in [-0.15, -0.1) is 0 Å². The van der Waals surface area contributed by atoms with Gasteiger partial charge in [-0.05, 0) is 69.2 Å². The Kier molecular flexibility index (Phi) is 6.36. The van der Waals surface area contributed by atoms with E-state index in [0.717, 1.165) is 0 Å². The van der Waals surface area contributed by atoms with Gasteiger partial charge in [-0.3, -0.25) is 0 Å². The minimum absolute atomic E-state index is 0.111. The van der Waals surface area contributed by atoms with Crippen molar-refractivity contribution in [2.45, 2.75) is 38.0 Å². The van der Waals surface area contributed by atoms with E-state index in [1.807, 2.05) is 0 Å². The predicted molar refractivity (Wildman–Crippen MR) is 112 cm³/mol. The molecular formula is C22H26FNO5S. The van der Waals surface area contributed by atoms with Crippen LogP contribution in [0.5, 0.6) is 11.5 Å². The van der Waals surface area contributed by atoms with Gasteiger partial charge in [-0.1, -0.05) is 12.1 Å². The fourth-order valence-electron chi connectivity index (χ4n) is 3.22. The summed E-state index contributed by atoms with van der Waals surface area (Å²) >= 11 is 0. The average molecular weight is 436 g/mol. The van der Waals surface area contributed by atoms with Gasteiger partial charge in [-0.2, -0.15) is 0 Å². The molecule has 6 nitrogen and oxygen atoms in total. The molecule has 30 heavy (non-hydrogen) atoms. The van der Waals surface area contributed by atoms with Crippen molar-refractivity contribution in [2.24, 2.45) is 0 Å². The third-order valence-corrected chi connectivity index (χ3v) is 6.82. The fraction of sp³-hybridized carbons (Fsp3) is 0.409. The summed E-state index contributed by atoms with van der Waals surface area (Å²) in [4.78, 5) is 13.8. The molecule has 1 aliphatic rings. The lowest BCUT2D eigenvalue weighted by molar-refractivity contribution is 0.0263. The highest BCUT2D eigenvalue weighted by Gasteiger charge is 2.34. The van der Waals surface area contributed by atoms with Gasteiger partial charge in [0.15, 0.2) is 9.84 Å². The Bertz CT molecular complexity index is 982. The first kappa shape index (κ1) is 22.1. The fourth-order valence-corrected chi connectivity index (χ4v) is 5.01. The van der Waals surface area contributed by atoms with Gasteiger partial charge in [0.1, 0.15) is 22.9 Å². The zero-order valence-corrected chi connectivity index (χ0v) is 18.1. The SMILES string of the molecule is CC(C)(C)OC(=O)N1CCC(c2ccc(Oc3ccc(F)cc3)cc2)S(=O)(=O)CC1. The van der Waals surface area contributed by atoms with E-state index in [0.29, 0.717) is 30.0 Å². The Morgan fingerprint density at radius 2 is 1.57 bits per heavy atom. The average Bonchev–Trinajstić information content (AvgIpc) is 2.81. The molecule has 0 N–H and O–H groups in total. The van der Waals surface area contributed by atoms with Crippen molar-refractivity contribution in [3.8, 4) is 11.5 Å². The molecule has 1 atom stereocenters. The zero-order chi connectivity index (χ0) is 21.9. The number of benzene rings is 2. The Balaban J connectivity index is 1.71. The normalized spacial score (nSPS) is 19.1. The number of nitrogens with zero attached hydrogens (tertiary/aromatic N) is 1. The van der Waals surface area contributed by atoms with Crippen molar-refractivity contribution in [2.75, 3.05) is 18.8 Å². The standard InChI is InChI=1S/C22H26FNO5S/c1-22(2,3)29-21(25)24-13-12-20(30(26,27)15-14-24)16-4-8-18(9-5-16)28-19-10-6-17(23)7-11-19/h4-11,20H,12-15H2,1-3H3. The van der Waals surface area contributed by atoms with E-state index in [4.69, 9.17) is 9.47 Å². The summed E-state index contributed by atoms with van der Waals surface area (Å²) < 4.78 is 49.7. The molecule has 0 saturated carbocycles. The molecule has 1 saturated heterocycles. The molecule has 0 spiro atoms.